The van der Waals surface area contributed by atoms with E-state index in [2.05, 4.69) is 9.71 Å². The van der Waals surface area contributed by atoms with Gasteiger partial charge >= 0.3 is 5.97 Å². The molecule has 7 nitrogen and oxygen atoms in total. The van der Waals surface area contributed by atoms with Crippen molar-refractivity contribution >= 4 is 16.0 Å². The molecule has 3 N–H and O–H groups in total. The first-order chi connectivity index (χ1) is 8.33. The maximum Gasteiger partial charge on any atom is 0.352 e. The van der Waals surface area contributed by atoms with E-state index >= 15 is 0 Å². The van der Waals surface area contributed by atoms with Crippen molar-refractivity contribution in [1.82, 2.24) is 9.71 Å². The van der Waals surface area contributed by atoms with Crippen LogP contribution in [-0.4, -0.2) is 43.7 Å². The number of rotatable bonds is 4. The zero-order valence-corrected chi connectivity index (χ0v) is 10.8. The Bertz CT molecular complexity index is 586. The molecular formula is C10H14N2O5S. The van der Waals surface area contributed by atoms with Gasteiger partial charge < -0.3 is 14.8 Å². The summed E-state index contributed by atoms with van der Waals surface area (Å²) < 4.78 is 31.6. The largest absolute Gasteiger partial charge is 0.477 e. The fourth-order valence-corrected chi connectivity index (χ4v) is 3.58. The van der Waals surface area contributed by atoms with Gasteiger partial charge in [0.05, 0.1) is 19.3 Å². The normalized spacial score (nSPS) is 16.6. The lowest BCUT2D eigenvalue weighted by molar-refractivity contribution is 0.00481. The predicted octanol–water partition coefficient (Wildman–Crippen LogP) is 0.00684. The van der Waals surface area contributed by atoms with Crippen LogP contribution in [0, 0.1) is 13.8 Å². The van der Waals surface area contributed by atoms with Crippen LogP contribution in [0.25, 0.3) is 0 Å². The Morgan fingerprint density at radius 3 is 2.44 bits per heavy atom. The molecule has 2 heterocycles. The molecule has 0 radical (unpaired) electrons. The van der Waals surface area contributed by atoms with Crippen molar-refractivity contribution in [2.75, 3.05) is 13.2 Å². The summed E-state index contributed by atoms with van der Waals surface area (Å²) in [6.45, 7) is 3.69. The number of H-pyrrole nitrogens is 1. The predicted molar refractivity (Wildman–Crippen MR) is 62.2 cm³/mol. The maximum atomic E-state index is 12.1. The first-order valence-electron chi connectivity index (χ1n) is 5.35. The monoisotopic (exact) mass is 274 g/mol. The van der Waals surface area contributed by atoms with Gasteiger partial charge in [0.1, 0.15) is 10.6 Å². The van der Waals surface area contributed by atoms with Crippen molar-refractivity contribution in [2.45, 2.75) is 24.8 Å². The SMILES string of the molecule is Cc1[nH]c(C(=O)O)c(C)c1S(=O)(=O)NC1COC1. The standard InChI is InChI=1S/C10H14N2O5S/c1-5-8(10(13)14)11-6(2)9(5)18(15,16)12-7-3-17-4-7/h7,11-12H,3-4H2,1-2H3,(H,13,14). The van der Waals surface area contributed by atoms with Crippen molar-refractivity contribution in [3.8, 4) is 0 Å². The van der Waals surface area contributed by atoms with Crippen LogP contribution < -0.4 is 4.72 Å². The van der Waals surface area contributed by atoms with E-state index in [1.54, 1.807) is 0 Å². The molecule has 0 spiro atoms. The lowest BCUT2D eigenvalue weighted by Crippen LogP contribution is -2.48. The molecule has 0 saturated carbocycles. The summed E-state index contributed by atoms with van der Waals surface area (Å²) >= 11 is 0. The molecule has 1 aromatic heterocycles. The highest BCUT2D eigenvalue weighted by Crippen LogP contribution is 2.23. The van der Waals surface area contributed by atoms with Crippen LogP contribution in [-0.2, 0) is 14.8 Å². The number of ether oxygens (including phenoxy) is 1. The third kappa shape index (κ3) is 2.14. The number of aromatic carboxylic acids is 1. The summed E-state index contributed by atoms with van der Waals surface area (Å²) in [5.74, 6) is -1.18. The van der Waals surface area contributed by atoms with Crippen LogP contribution in [0.1, 0.15) is 21.7 Å². The Morgan fingerprint density at radius 1 is 1.44 bits per heavy atom. The number of nitrogens with one attached hydrogen (secondary N) is 2. The molecule has 1 aromatic rings. The molecule has 100 valence electrons. The summed E-state index contributed by atoms with van der Waals surface area (Å²) in [5, 5.41) is 8.94. The second-order valence-corrected chi connectivity index (χ2v) is 5.89. The van der Waals surface area contributed by atoms with Gasteiger partial charge in [-0.05, 0) is 13.8 Å². The third-order valence-electron chi connectivity index (χ3n) is 2.81. The van der Waals surface area contributed by atoms with Crippen LogP contribution in [0.15, 0.2) is 4.90 Å². The van der Waals surface area contributed by atoms with E-state index in [0.717, 1.165) is 0 Å². The van der Waals surface area contributed by atoms with Crippen LogP contribution >= 0.6 is 0 Å². The topological polar surface area (TPSA) is 108 Å². The van der Waals surface area contributed by atoms with E-state index in [4.69, 9.17) is 9.84 Å². The Kier molecular flexibility index (Phi) is 3.18. The Morgan fingerprint density at radius 2 is 2.06 bits per heavy atom. The molecule has 0 unspecified atom stereocenters. The van der Waals surface area contributed by atoms with Gasteiger partial charge in [-0.25, -0.2) is 17.9 Å². The van der Waals surface area contributed by atoms with Crippen molar-refractivity contribution in [3.05, 3.63) is 17.0 Å². The summed E-state index contributed by atoms with van der Waals surface area (Å²) in [7, 11) is -3.72. The summed E-state index contributed by atoms with van der Waals surface area (Å²) in [6.07, 6.45) is 0. The number of aromatic amines is 1. The van der Waals surface area contributed by atoms with Crippen molar-refractivity contribution in [3.63, 3.8) is 0 Å². The first kappa shape index (κ1) is 13.1. The number of hydrogen-bond acceptors (Lipinski definition) is 4. The molecule has 18 heavy (non-hydrogen) atoms. The van der Waals surface area contributed by atoms with E-state index in [-0.39, 0.29) is 22.2 Å². The fraction of sp³-hybridized carbons (Fsp3) is 0.500. The number of hydrogen-bond donors (Lipinski definition) is 3. The van der Waals surface area contributed by atoms with E-state index in [9.17, 15) is 13.2 Å². The minimum atomic E-state index is -3.72. The Hall–Kier alpha value is -1.38. The number of sulfonamides is 1. The van der Waals surface area contributed by atoms with E-state index in [1.165, 1.54) is 13.8 Å². The molecule has 0 bridgehead atoms. The lowest BCUT2D eigenvalue weighted by atomic mass is 10.2. The Balaban J connectivity index is 2.40. The summed E-state index contributed by atoms with van der Waals surface area (Å²) in [5.41, 5.74) is 0.433. The maximum absolute atomic E-state index is 12.1. The molecule has 1 aliphatic heterocycles. The van der Waals surface area contributed by atoms with Crippen LogP contribution in [0.3, 0.4) is 0 Å². The summed E-state index contributed by atoms with van der Waals surface area (Å²) in [6, 6.07) is -0.239. The number of aromatic nitrogens is 1. The van der Waals surface area contributed by atoms with Gasteiger partial charge in [0.25, 0.3) is 0 Å². The smallest absolute Gasteiger partial charge is 0.352 e. The third-order valence-corrected chi connectivity index (χ3v) is 4.60. The minimum Gasteiger partial charge on any atom is -0.477 e. The van der Waals surface area contributed by atoms with E-state index in [1.807, 2.05) is 0 Å². The summed E-state index contributed by atoms with van der Waals surface area (Å²) in [4.78, 5) is 13.5. The molecule has 0 aliphatic carbocycles. The quantitative estimate of drug-likeness (QED) is 0.716. The van der Waals surface area contributed by atoms with Crippen molar-refractivity contribution < 1.29 is 23.1 Å². The van der Waals surface area contributed by atoms with E-state index in [0.29, 0.717) is 18.9 Å². The van der Waals surface area contributed by atoms with Gasteiger partial charge in [0.15, 0.2) is 0 Å². The highest BCUT2D eigenvalue weighted by Gasteiger charge is 2.30. The van der Waals surface area contributed by atoms with Crippen LogP contribution in [0.5, 0.6) is 0 Å². The number of aryl methyl sites for hydroxylation is 1. The second kappa shape index (κ2) is 4.38. The van der Waals surface area contributed by atoms with Gasteiger partial charge in [0.2, 0.25) is 10.0 Å². The lowest BCUT2D eigenvalue weighted by Gasteiger charge is -2.26. The molecule has 1 saturated heterocycles. The Labute approximate surface area is 104 Å². The van der Waals surface area contributed by atoms with Crippen LogP contribution in [0.2, 0.25) is 0 Å². The molecule has 0 atom stereocenters. The zero-order chi connectivity index (χ0) is 13.5. The average Bonchev–Trinajstić information content (AvgIpc) is 2.49. The molecular weight excluding hydrogens is 260 g/mol. The molecule has 2 rings (SSSR count). The average molecular weight is 274 g/mol. The zero-order valence-electron chi connectivity index (χ0n) is 9.98. The van der Waals surface area contributed by atoms with Gasteiger partial charge in [-0.2, -0.15) is 0 Å². The van der Waals surface area contributed by atoms with Gasteiger partial charge in [-0.3, -0.25) is 0 Å². The van der Waals surface area contributed by atoms with Crippen molar-refractivity contribution in [1.29, 1.82) is 0 Å². The number of carboxylic acids is 1. The minimum absolute atomic E-state index is 0.00630. The van der Waals surface area contributed by atoms with Crippen molar-refractivity contribution in [2.24, 2.45) is 0 Å². The van der Waals surface area contributed by atoms with Gasteiger partial charge in [0, 0.05) is 11.3 Å². The number of carbonyl (C=O) groups is 1. The molecule has 8 heteroatoms. The molecule has 1 fully saturated rings. The molecule has 1 aliphatic rings. The van der Waals surface area contributed by atoms with Gasteiger partial charge in [-0.15, -0.1) is 0 Å². The number of carboxylic acid groups (broad SMARTS) is 1. The van der Waals surface area contributed by atoms with Crippen LogP contribution in [0.4, 0.5) is 0 Å². The molecule has 0 amide bonds. The second-order valence-electron chi connectivity index (χ2n) is 4.24. The highest BCUT2D eigenvalue weighted by atomic mass is 32.2. The van der Waals surface area contributed by atoms with E-state index < -0.39 is 16.0 Å². The highest BCUT2D eigenvalue weighted by molar-refractivity contribution is 7.89. The fourth-order valence-electron chi connectivity index (χ4n) is 1.93. The van der Waals surface area contributed by atoms with Gasteiger partial charge in [-0.1, -0.05) is 0 Å². The molecule has 0 aromatic carbocycles. The first-order valence-corrected chi connectivity index (χ1v) is 6.83.